The van der Waals surface area contributed by atoms with Crippen LogP contribution >= 0.6 is 0 Å². The van der Waals surface area contributed by atoms with E-state index in [-0.39, 0.29) is 5.41 Å². The molecule has 0 spiro atoms. The molecule has 0 saturated heterocycles. The number of hydrogen-bond donors (Lipinski definition) is 2. The van der Waals surface area contributed by atoms with Crippen molar-refractivity contribution in [2.75, 3.05) is 0 Å². The molecule has 0 radical (unpaired) electrons. The van der Waals surface area contributed by atoms with E-state index in [0.717, 1.165) is 6.07 Å². The second-order valence-electron chi connectivity index (χ2n) is 5.03. The van der Waals surface area contributed by atoms with Crippen LogP contribution in [0.2, 0.25) is 0 Å². The Morgan fingerprint density at radius 3 is 2.50 bits per heavy atom. The predicted octanol–water partition coefficient (Wildman–Crippen LogP) is 2.01. The van der Waals surface area contributed by atoms with E-state index in [1.807, 2.05) is 13.8 Å². The van der Waals surface area contributed by atoms with Crippen molar-refractivity contribution in [1.29, 1.82) is 0 Å². The summed E-state index contributed by atoms with van der Waals surface area (Å²) in [5.74, 6) is -1.78. The zero-order valence-corrected chi connectivity index (χ0v) is 9.30. The van der Waals surface area contributed by atoms with Crippen LogP contribution in [-0.4, -0.2) is 11.2 Å². The van der Waals surface area contributed by atoms with Crippen LogP contribution in [0.1, 0.15) is 37.4 Å². The Morgan fingerprint density at radius 2 is 1.88 bits per heavy atom. The molecule has 2 unspecified atom stereocenters. The van der Waals surface area contributed by atoms with Gasteiger partial charge in [-0.25, -0.2) is 8.78 Å². The number of fused-ring (bicyclic) bond motifs is 1. The highest BCUT2D eigenvalue weighted by Gasteiger charge is 2.37. The third-order valence-corrected chi connectivity index (χ3v) is 3.31. The molecular weight excluding hydrogens is 212 g/mol. The number of hydrogen-bond acceptors (Lipinski definition) is 2. The summed E-state index contributed by atoms with van der Waals surface area (Å²) in [6.45, 7) is 3.77. The van der Waals surface area contributed by atoms with E-state index >= 15 is 0 Å². The van der Waals surface area contributed by atoms with E-state index in [2.05, 4.69) is 0 Å². The third-order valence-electron chi connectivity index (χ3n) is 3.31. The van der Waals surface area contributed by atoms with Crippen molar-refractivity contribution >= 4 is 0 Å². The van der Waals surface area contributed by atoms with Crippen LogP contribution in [-0.2, 0) is 5.41 Å². The number of halogens is 2. The first kappa shape index (κ1) is 11.5. The summed E-state index contributed by atoms with van der Waals surface area (Å²) in [5, 5.41) is 9.78. The zero-order chi connectivity index (χ0) is 12.1. The zero-order valence-electron chi connectivity index (χ0n) is 9.30. The van der Waals surface area contributed by atoms with E-state index in [9.17, 15) is 13.9 Å². The lowest BCUT2D eigenvalue weighted by atomic mass is 9.70. The molecule has 2 nitrogen and oxygen atoms in total. The Morgan fingerprint density at radius 1 is 1.31 bits per heavy atom. The minimum Gasteiger partial charge on any atom is -0.391 e. The van der Waals surface area contributed by atoms with Gasteiger partial charge in [0.05, 0.1) is 12.1 Å². The molecule has 16 heavy (non-hydrogen) atoms. The fraction of sp³-hybridized carbons (Fsp3) is 0.500. The Balaban J connectivity index is 2.64. The van der Waals surface area contributed by atoms with Crippen molar-refractivity contribution in [3.63, 3.8) is 0 Å². The molecule has 0 fully saturated rings. The number of benzene rings is 1. The second-order valence-corrected chi connectivity index (χ2v) is 5.03. The minimum absolute atomic E-state index is 0.390. The number of nitrogens with two attached hydrogens (primary N) is 1. The molecule has 2 rings (SSSR count). The molecule has 1 aromatic carbocycles. The lowest BCUT2D eigenvalue weighted by Gasteiger charge is -2.39. The summed E-state index contributed by atoms with van der Waals surface area (Å²) < 4.78 is 26.3. The molecular formula is C12H15F2NO. The lowest BCUT2D eigenvalue weighted by Crippen LogP contribution is -2.40. The van der Waals surface area contributed by atoms with Gasteiger partial charge in [0.1, 0.15) is 0 Å². The smallest absolute Gasteiger partial charge is 0.159 e. The minimum atomic E-state index is -0.917. The maximum absolute atomic E-state index is 13.2. The number of aliphatic hydroxyl groups is 1. The quantitative estimate of drug-likeness (QED) is 0.712. The summed E-state index contributed by atoms with van der Waals surface area (Å²) in [5.41, 5.74) is 6.59. The Labute approximate surface area is 93.1 Å². The fourth-order valence-corrected chi connectivity index (χ4v) is 2.39. The third kappa shape index (κ3) is 1.62. The van der Waals surface area contributed by atoms with Crippen molar-refractivity contribution in [1.82, 2.24) is 0 Å². The maximum Gasteiger partial charge on any atom is 0.159 e. The topological polar surface area (TPSA) is 46.2 Å². The fourth-order valence-electron chi connectivity index (χ4n) is 2.39. The van der Waals surface area contributed by atoms with Crippen molar-refractivity contribution in [3.8, 4) is 0 Å². The summed E-state index contributed by atoms with van der Waals surface area (Å²) in [4.78, 5) is 0. The summed E-state index contributed by atoms with van der Waals surface area (Å²) in [7, 11) is 0. The van der Waals surface area contributed by atoms with Crippen LogP contribution in [0.15, 0.2) is 12.1 Å². The summed E-state index contributed by atoms with van der Waals surface area (Å²) in [6.07, 6.45) is -0.265. The highest BCUT2D eigenvalue weighted by atomic mass is 19.2. The first-order valence-electron chi connectivity index (χ1n) is 5.26. The standard InChI is InChI=1S/C12H15F2NO/c1-12(2)5-10(16)11(15)6-3-8(13)9(14)4-7(6)12/h3-4,10-11,16H,5,15H2,1-2H3. The molecule has 0 aromatic heterocycles. The van der Waals surface area contributed by atoms with Gasteiger partial charge in [-0.3, -0.25) is 0 Å². The highest BCUT2D eigenvalue weighted by molar-refractivity contribution is 5.40. The molecule has 4 heteroatoms. The molecule has 1 aromatic rings. The molecule has 0 bridgehead atoms. The van der Waals surface area contributed by atoms with Gasteiger partial charge in [0, 0.05) is 0 Å². The molecule has 0 saturated carbocycles. The van der Waals surface area contributed by atoms with Crippen molar-refractivity contribution in [2.24, 2.45) is 5.73 Å². The molecule has 88 valence electrons. The lowest BCUT2D eigenvalue weighted by molar-refractivity contribution is 0.0990. The second kappa shape index (κ2) is 3.50. The largest absolute Gasteiger partial charge is 0.391 e. The molecule has 0 heterocycles. The van der Waals surface area contributed by atoms with Crippen molar-refractivity contribution in [3.05, 3.63) is 34.9 Å². The van der Waals surface area contributed by atoms with Crippen LogP contribution < -0.4 is 5.73 Å². The summed E-state index contributed by atoms with van der Waals surface area (Å²) in [6, 6.07) is 1.65. The van der Waals surface area contributed by atoms with Gasteiger partial charge in [0.25, 0.3) is 0 Å². The van der Waals surface area contributed by atoms with E-state index in [4.69, 9.17) is 5.73 Å². The Hall–Kier alpha value is -1.00. The van der Waals surface area contributed by atoms with Gasteiger partial charge in [0.15, 0.2) is 11.6 Å². The van der Waals surface area contributed by atoms with Gasteiger partial charge in [0.2, 0.25) is 0 Å². The van der Waals surface area contributed by atoms with Crippen LogP contribution in [0.25, 0.3) is 0 Å². The van der Waals surface area contributed by atoms with Crippen LogP contribution in [0.5, 0.6) is 0 Å². The molecule has 2 atom stereocenters. The van der Waals surface area contributed by atoms with E-state index in [1.54, 1.807) is 0 Å². The summed E-state index contributed by atoms with van der Waals surface area (Å²) >= 11 is 0. The highest BCUT2D eigenvalue weighted by Crippen LogP contribution is 2.41. The molecule has 0 aliphatic heterocycles. The first-order valence-corrected chi connectivity index (χ1v) is 5.26. The SMILES string of the molecule is CC1(C)CC(O)C(N)c2cc(F)c(F)cc21. The van der Waals surface area contributed by atoms with Gasteiger partial charge >= 0.3 is 0 Å². The van der Waals surface area contributed by atoms with Crippen molar-refractivity contribution in [2.45, 2.75) is 37.8 Å². The van der Waals surface area contributed by atoms with E-state index in [0.29, 0.717) is 17.5 Å². The molecule has 1 aliphatic carbocycles. The van der Waals surface area contributed by atoms with E-state index in [1.165, 1.54) is 6.07 Å². The van der Waals surface area contributed by atoms with Gasteiger partial charge < -0.3 is 10.8 Å². The van der Waals surface area contributed by atoms with Crippen molar-refractivity contribution < 1.29 is 13.9 Å². The normalized spacial score (nSPS) is 27.6. The van der Waals surface area contributed by atoms with Gasteiger partial charge in [-0.2, -0.15) is 0 Å². The molecule has 1 aliphatic rings. The van der Waals surface area contributed by atoms with Gasteiger partial charge in [-0.15, -0.1) is 0 Å². The van der Waals surface area contributed by atoms with E-state index < -0.39 is 23.8 Å². The van der Waals surface area contributed by atoms with Gasteiger partial charge in [-0.1, -0.05) is 13.8 Å². The van der Waals surface area contributed by atoms with Crippen LogP contribution in [0.4, 0.5) is 8.78 Å². The van der Waals surface area contributed by atoms with Gasteiger partial charge in [-0.05, 0) is 35.1 Å². The molecule has 0 amide bonds. The van der Waals surface area contributed by atoms with Crippen LogP contribution in [0, 0.1) is 11.6 Å². The molecule has 3 N–H and O–H groups in total. The number of aliphatic hydroxyl groups excluding tert-OH is 1. The van der Waals surface area contributed by atoms with Crippen LogP contribution in [0.3, 0.4) is 0 Å². The average molecular weight is 227 g/mol. The monoisotopic (exact) mass is 227 g/mol. The maximum atomic E-state index is 13.2. The number of rotatable bonds is 0. The first-order chi connectivity index (χ1) is 7.33. The Bertz CT molecular complexity index is 431. The average Bonchev–Trinajstić information content (AvgIpc) is 2.17. The Kier molecular flexibility index (Phi) is 2.51. The predicted molar refractivity (Wildman–Crippen MR) is 56.9 cm³/mol.